The van der Waals surface area contributed by atoms with E-state index in [2.05, 4.69) is 10.2 Å². The van der Waals surface area contributed by atoms with Crippen LogP contribution in [-0.2, 0) is 11.0 Å². The molecule has 1 aromatic heterocycles. The molecular formula is C11H15F3N4O. The van der Waals surface area contributed by atoms with E-state index in [0.717, 1.165) is 6.07 Å². The van der Waals surface area contributed by atoms with Crippen molar-refractivity contribution >= 4 is 11.7 Å². The number of nitrogens with zero attached hydrogens (tertiary/aromatic N) is 3. The number of nitrogens with two attached hydrogens (primary N) is 1. The van der Waals surface area contributed by atoms with Gasteiger partial charge < -0.3 is 10.6 Å². The quantitative estimate of drug-likeness (QED) is 0.883. The van der Waals surface area contributed by atoms with Gasteiger partial charge in [-0.05, 0) is 18.1 Å². The van der Waals surface area contributed by atoms with Gasteiger partial charge in [-0.25, -0.2) is 0 Å². The van der Waals surface area contributed by atoms with Gasteiger partial charge in [-0.15, -0.1) is 10.2 Å². The maximum atomic E-state index is 12.4. The molecule has 106 valence electrons. The monoisotopic (exact) mass is 276 g/mol. The van der Waals surface area contributed by atoms with Crippen molar-refractivity contribution in [3.63, 3.8) is 0 Å². The lowest BCUT2D eigenvalue weighted by Gasteiger charge is -2.23. The number of aromatic nitrogens is 2. The third-order valence-corrected chi connectivity index (χ3v) is 2.20. The van der Waals surface area contributed by atoms with Crippen LogP contribution in [0.25, 0.3) is 0 Å². The van der Waals surface area contributed by atoms with Crippen LogP contribution in [-0.4, -0.2) is 29.2 Å². The Morgan fingerprint density at radius 2 is 2.00 bits per heavy atom. The number of carbonyl (C=O) groups is 1. The summed E-state index contributed by atoms with van der Waals surface area (Å²) in [5.74, 6) is -0.189. The van der Waals surface area contributed by atoms with E-state index in [1.165, 1.54) is 11.0 Å². The minimum atomic E-state index is -4.53. The molecule has 0 saturated heterocycles. The number of primary amides is 1. The summed E-state index contributed by atoms with van der Waals surface area (Å²) < 4.78 is 37.1. The van der Waals surface area contributed by atoms with E-state index in [-0.39, 0.29) is 18.3 Å². The van der Waals surface area contributed by atoms with Gasteiger partial charge in [0.25, 0.3) is 0 Å². The molecule has 0 spiro atoms. The van der Waals surface area contributed by atoms with Crippen molar-refractivity contribution in [2.75, 3.05) is 18.0 Å². The molecule has 0 unspecified atom stereocenters. The van der Waals surface area contributed by atoms with Gasteiger partial charge in [0.05, 0.1) is 6.54 Å². The Hall–Kier alpha value is -1.86. The normalized spacial score (nSPS) is 11.7. The Labute approximate surface area is 108 Å². The van der Waals surface area contributed by atoms with Crippen LogP contribution in [0.1, 0.15) is 19.5 Å². The highest BCUT2D eigenvalue weighted by atomic mass is 19.4. The highest BCUT2D eigenvalue weighted by Gasteiger charge is 2.33. The molecule has 1 amide bonds. The van der Waals surface area contributed by atoms with E-state index in [4.69, 9.17) is 5.73 Å². The average molecular weight is 276 g/mol. The Balaban J connectivity index is 2.93. The fraction of sp³-hybridized carbons (Fsp3) is 0.545. The van der Waals surface area contributed by atoms with Crippen LogP contribution in [0.15, 0.2) is 12.1 Å². The zero-order valence-corrected chi connectivity index (χ0v) is 10.6. The Morgan fingerprint density at radius 3 is 2.37 bits per heavy atom. The first-order valence-electron chi connectivity index (χ1n) is 5.64. The maximum absolute atomic E-state index is 12.4. The summed E-state index contributed by atoms with van der Waals surface area (Å²) in [5.41, 5.74) is 4.03. The first-order valence-corrected chi connectivity index (χ1v) is 5.64. The molecule has 1 heterocycles. The van der Waals surface area contributed by atoms with Crippen molar-refractivity contribution in [3.8, 4) is 0 Å². The predicted molar refractivity (Wildman–Crippen MR) is 63.3 cm³/mol. The molecular weight excluding hydrogens is 261 g/mol. The predicted octanol–water partition coefficient (Wildman–Crippen LogP) is 1.44. The van der Waals surface area contributed by atoms with E-state index in [0.29, 0.717) is 6.54 Å². The van der Waals surface area contributed by atoms with Crippen LogP contribution in [0.3, 0.4) is 0 Å². The van der Waals surface area contributed by atoms with E-state index in [1.807, 2.05) is 13.8 Å². The highest BCUT2D eigenvalue weighted by Crippen LogP contribution is 2.27. The van der Waals surface area contributed by atoms with Crippen LogP contribution >= 0.6 is 0 Å². The standard InChI is InChI=1S/C11H15F3N4O/c1-7(2)5-18(6-9(15)19)10-4-3-8(16-17-10)11(12,13)14/h3-4,7H,5-6H2,1-2H3,(H2,15,19). The lowest BCUT2D eigenvalue weighted by atomic mass is 10.2. The fourth-order valence-electron chi connectivity index (χ4n) is 1.51. The smallest absolute Gasteiger partial charge is 0.368 e. The van der Waals surface area contributed by atoms with Crippen molar-refractivity contribution in [1.29, 1.82) is 0 Å². The summed E-state index contributed by atoms with van der Waals surface area (Å²) in [6, 6.07) is 2.01. The van der Waals surface area contributed by atoms with Gasteiger partial charge in [-0.1, -0.05) is 13.8 Å². The molecule has 1 rings (SSSR count). The molecule has 0 aliphatic carbocycles. The highest BCUT2D eigenvalue weighted by molar-refractivity contribution is 5.79. The lowest BCUT2D eigenvalue weighted by Crippen LogP contribution is -2.37. The largest absolute Gasteiger partial charge is 0.435 e. The van der Waals surface area contributed by atoms with Crippen molar-refractivity contribution in [1.82, 2.24) is 10.2 Å². The van der Waals surface area contributed by atoms with Crippen LogP contribution in [0.5, 0.6) is 0 Å². The number of halogens is 3. The molecule has 0 aliphatic heterocycles. The topological polar surface area (TPSA) is 72.1 Å². The molecule has 0 aliphatic rings. The number of rotatable bonds is 5. The lowest BCUT2D eigenvalue weighted by molar-refractivity contribution is -0.141. The van der Waals surface area contributed by atoms with Crippen LogP contribution in [0.2, 0.25) is 0 Å². The molecule has 1 aromatic rings. The molecule has 0 fully saturated rings. The summed E-state index contributed by atoms with van der Waals surface area (Å²) in [6.45, 7) is 4.15. The first-order chi connectivity index (χ1) is 8.70. The molecule has 5 nitrogen and oxygen atoms in total. The molecule has 19 heavy (non-hydrogen) atoms. The second-order valence-electron chi connectivity index (χ2n) is 4.52. The van der Waals surface area contributed by atoms with E-state index < -0.39 is 17.8 Å². The number of amides is 1. The fourth-order valence-corrected chi connectivity index (χ4v) is 1.51. The number of carbonyl (C=O) groups excluding carboxylic acids is 1. The molecule has 0 saturated carbocycles. The van der Waals surface area contributed by atoms with E-state index >= 15 is 0 Å². The van der Waals surface area contributed by atoms with Gasteiger partial charge in [0.1, 0.15) is 0 Å². The van der Waals surface area contributed by atoms with Gasteiger partial charge in [0.15, 0.2) is 11.5 Å². The molecule has 0 radical (unpaired) electrons. The minimum absolute atomic E-state index is 0.113. The van der Waals surface area contributed by atoms with Crippen molar-refractivity contribution in [3.05, 3.63) is 17.8 Å². The van der Waals surface area contributed by atoms with Crippen molar-refractivity contribution < 1.29 is 18.0 Å². The van der Waals surface area contributed by atoms with Crippen LogP contribution < -0.4 is 10.6 Å². The summed E-state index contributed by atoms with van der Waals surface area (Å²) in [6.07, 6.45) is -4.53. The van der Waals surface area contributed by atoms with Crippen molar-refractivity contribution in [2.45, 2.75) is 20.0 Å². The molecule has 2 N–H and O–H groups in total. The Bertz CT molecular complexity index is 431. The first kappa shape index (κ1) is 15.2. The SMILES string of the molecule is CC(C)CN(CC(N)=O)c1ccc(C(F)(F)F)nn1. The second kappa shape index (κ2) is 5.85. The molecule has 0 atom stereocenters. The van der Waals surface area contributed by atoms with Gasteiger partial charge in [-0.3, -0.25) is 4.79 Å². The van der Waals surface area contributed by atoms with Crippen molar-refractivity contribution in [2.24, 2.45) is 11.7 Å². The summed E-state index contributed by atoms with van der Waals surface area (Å²) in [4.78, 5) is 12.4. The molecule has 0 bridgehead atoms. The number of anilines is 1. The maximum Gasteiger partial charge on any atom is 0.435 e. The molecule has 8 heteroatoms. The zero-order chi connectivity index (χ0) is 14.6. The van der Waals surface area contributed by atoms with Gasteiger partial charge >= 0.3 is 6.18 Å². The summed E-state index contributed by atoms with van der Waals surface area (Å²) >= 11 is 0. The summed E-state index contributed by atoms with van der Waals surface area (Å²) in [7, 11) is 0. The minimum Gasteiger partial charge on any atom is -0.368 e. The third kappa shape index (κ3) is 4.72. The average Bonchev–Trinajstić information content (AvgIpc) is 2.26. The number of alkyl halides is 3. The number of hydrogen-bond donors (Lipinski definition) is 1. The summed E-state index contributed by atoms with van der Waals surface area (Å²) in [5, 5.41) is 6.62. The number of hydrogen-bond acceptors (Lipinski definition) is 4. The molecule has 0 aromatic carbocycles. The Kier molecular flexibility index (Phi) is 4.68. The van der Waals surface area contributed by atoms with Gasteiger partial charge in [0.2, 0.25) is 5.91 Å². The zero-order valence-electron chi connectivity index (χ0n) is 10.6. The van der Waals surface area contributed by atoms with Gasteiger partial charge in [-0.2, -0.15) is 13.2 Å². The second-order valence-corrected chi connectivity index (χ2v) is 4.52. The third-order valence-electron chi connectivity index (χ3n) is 2.20. The van der Waals surface area contributed by atoms with E-state index in [1.54, 1.807) is 0 Å². The van der Waals surface area contributed by atoms with Crippen LogP contribution in [0.4, 0.5) is 19.0 Å². The van der Waals surface area contributed by atoms with E-state index in [9.17, 15) is 18.0 Å². The van der Waals surface area contributed by atoms with Crippen LogP contribution in [0, 0.1) is 5.92 Å². The van der Waals surface area contributed by atoms with Gasteiger partial charge in [0, 0.05) is 6.54 Å². The Morgan fingerprint density at radius 1 is 1.37 bits per heavy atom.